The van der Waals surface area contributed by atoms with Gasteiger partial charge in [-0.05, 0) is 73.4 Å². The first-order valence-electron chi connectivity index (χ1n) is 12.9. The Bertz CT molecular complexity index is 1470. The maximum Gasteiger partial charge on any atom is 0.251 e. The number of carbonyl (C=O) groups excluding carboxylic acids is 1. The summed E-state index contributed by atoms with van der Waals surface area (Å²) in [5.74, 6) is -0.288. The van der Waals surface area contributed by atoms with E-state index in [0.29, 0.717) is 35.4 Å². The second kappa shape index (κ2) is 8.64. The van der Waals surface area contributed by atoms with Crippen molar-refractivity contribution in [2.45, 2.75) is 50.6 Å². The molecule has 1 spiro atoms. The Balaban J connectivity index is 1.13. The first kappa shape index (κ1) is 22.4. The molecular formula is C28H29FN4O2S. The van der Waals surface area contributed by atoms with E-state index in [1.165, 1.54) is 30.6 Å². The van der Waals surface area contributed by atoms with E-state index in [9.17, 15) is 4.79 Å². The summed E-state index contributed by atoms with van der Waals surface area (Å²) in [4.78, 5) is 18.3. The third kappa shape index (κ3) is 3.83. The predicted octanol–water partition coefficient (Wildman–Crippen LogP) is 5.47. The van der Waals surface area contributed by atoms with Gasteiger partial charge in [-0.15, -0.1) is 0 Å². The van der Waals surface area contributed by atoms with E-state index in [2.05, 4.69) is 10.6 Å². The molecule has 4 aromatic rings. The van der Waals surface area contributed by atoms with Gasteiger partial charge in [0.2, 0.25) is 0 Å². The van der Waals surface area contributed by atoms with Crippen LogP contribution in [0.2, 0.25) is 0 Å². The van der Waals surface area contributed by atoms with Gasteiger partial charge in [-0.2, -0.15) is 0 Å². The molecule has 36 heavy (non-hydrogen) atoms. The Morgan fingerprint density at radius 1 is 1.19 bits per heavy atom. The quantitative estimate of drug-likeness (QED) is 0.387. The Morgan fingerprint density at radius 3 is 2.81 bits per heavy atom. The molecule has 3 aliphatic rings. The number of benzene rings is 2. The van der Waals surface area contributed by atoms with E-state index < -0.39 is 0 Å². The highest BCUT2D eigenvalue weighted by atomic mass is 32.1. The van der Waals surface area contributed by atoms with Gasteiger partial charge >= 0.3 is 0 Å². The Labute approximate surface area is 212 Å². The number of hydrogen-bond acceptors (Lipinski definition) is 5. The summed E-state index contributed by atoms with van der Waals surface area (Å²) >= 11 is 1.51. The highest BCUT2D eigenvalue weighted by Gasteiger charge is 2.43. The monoisotopic (exact) mass is 504 g/mol. The molecule has 186 valence electrons. The van der Waals surface area contributed by atoms with Crippen molar-refractivity contribution in [1.29, 1.82) is 0 Å². The van der Waals surface area contributed by atoms with Crippen LogP contribution in [0.4, 0.5) is 4.39 Å². The van der Waals surface area contributed by atoms with Gasteiger partial charge in [0.15, 0.2) is 4.96 Å². The van der Waals surface area contributed by atoms with Gasteiger partial charge in [0.05, 0.1) is 15.9 Å². The zero-order valence-corrected chi connectivity index (χ0v) is 20.9. The van der Waals surface area contributed by atoms with Crippen molar-refractivity contribution < 1.29 is 13.9 Å². The maximum absolute atomic E-state index is 15.2. The normalized spacial score (nSPS) is 21.9. The van der Waals surface area contributed by atoms with Crippen molar-refractivity contribution in [2.24, 2.45) is 5.41 Å². The third-order valence-electron chi connectivity index (χ3n) is 8.36. The van der Waals surface area contributed by atoms with Gasteiger partial charge in [0.25, 0.3) is 5.91 Å². The van der Waals surface area contributed by atoms with Crippen LogP contribution in [-0.4, -0.2) is 41.1 Å². The molecule has 1 unspecified atom stereocenters. The van der Waals surface area contributed by atoms with Crippen molar-refractivity contribution in [3.63, 3.8) is 0 Å². The van der Waals surface area contributed by atoms with Crippen LogP contribution in [0.5, 0.6) is 0 Å². The highest BCUT2D eigenvalue weighted by molar-refractivity contribution is 7.23. The smallest absolute Gasteiger partial charge is 0.251 e. The van der Waals surface area contributed by atoms with Crippen molar-refractivity contribution >= 4 is 32.4 Å². The molecule has 2 saturated heterocycles. The molecule has 1 saturated carbocycles. The molecule has 7 rings (SSSR count). The summed E-state index contributed by atoms with van der Waals surface area (Å²) in [5, 5.41) is 6.72. The van der Waals surface area contributed by atoms with E-state index in [1.807, 2.05) is 40.9 Å². The largest absolute Gasteiger partial charge is 0.381 e. The minimum Gasteiger partial charge on any atom is -0.381 e. The number of ether oxygens (including phenoxy) is 1. The summed E-state index contributed by atoms with van der Waals surface area (Å²) in [7, 11) is 0. The number of hydrogen-bond donors (Lipinski definition) is 2. The fourth-order valence-electron chi connectivity index (χ4n) is 6.05. The standard InChI is InChI=1S/C28H29FN4O2S/c29-21-12-17(22-14-28(16-30-22)8-1-9-28)2-4-20(21)23-15-33-24-5-3-18(13-25(24)36-27(33)32-23)26(34)31-19-6-10-35-11-7-19/h2-5,12-13,15,19,22,30H,1,6-11,14,16H2,(H,31,34). The number of aromatic nitrogens is 2. The van der Waals surface area contributed by atoms with Crippen LogP contribution in [0.1, 0.15) is 60.5 Å². The molecular weight excluding hydrogens is 475 g/mol. The van der Waals surface area contributed by atoms with Crippen LogP contribution in [-0.2, 0) is 4.74 Å². The lowest BCUT2D eigenvalue weighted by atomic mass is 9.67. The lowest BCUT2D eigenvalue weighted by Gasteiger charge is -2.37. The van der Waals surface area contributed by atoms with Crippen LogP contribution < -0.4 is 10.6 Å². The topological polar surface area (TPSA) is 67.7 Å². The summed E-state index contributed by atoms with van der Waals surface area (Å²) in [6, 6.07) is 11.7. The zero-order valence-electron chi connectivity index (χ0n) is 20.1. The molecule has 1 aliphatic carbocycles. The van der Waals surface area contributed by atoms with Crippen LogP contribution in [0.25, 0.3) is 26.4 Å². The van der Waals surface area contributed by atoms with Gasteiger partial charge in [-0.1, -0.05) is 23.8 Å². The van der Waals surface area contributed by atoms with Gasteiger partial charge in [0.1, 0.15) is 5.82 Å². The average Bonchev–Trinajstić information content (AvgIpc) is 3.57. The van der Waals surface area contributed by atoms with Gasteiger partial charge in [-0.25, -0.2) is 9.37 Å². The molecule has 2 N–H and O–H groups in total. The van der Waals surface area contributed by atoms with Crippen molar-refractivity contribution in [3.05, 3.63) is 59.5 Å². The molecule has 0 bridgehead atoms. The van der Waals surface area contributed by atoms with Crippen LogP contribution >= 0.6 is 11.3 Å². The Hall–Kier alpha value is -2.81. The second-order valence-corrected chi connectivity index (χ2v) is 11.7. The lowest BCUT2D eigenvalue weighted by molar-refractivity contribution is 0.0696. The number of rotatable bonds is 4. The summed E-state index contributed by atoms with van der Waals surface area (Å²) in [6.07, 6.45) is 8.59. The molecule has 1 atom stereocenters. The lowest BCUT2D eigenvalue weighted by Crippen LogP contribution is -2.38. The molecule has 1 amide bonds. The SMILES string of the molecule is O=C(NC1CCOCC1)c1ccc2c(c1)sc1nc(-c3ccc(C4CC5(CCC5)CN4)cc3F)cn12. The number of halogens is 1. The zero-order chi connectivity index (χ0) is 24.3. The Kier molecular flexibility index (Phi) is 5.38. The summed E-state index contributed by atoms with van der Waals surface area (Å²) < 4.78 is 23.6. The third-order valence-corrected chi connectivity index (χ3v) is 9.38. The Morgan fingerprint density at radius 2 is 2.06 bits per heavy atom. The first-order chi connectivity index (χ1) is 17.6. The van der Waals surface area contributed by atoms with E-state index in [-0.39, 0.29) is 23.8 Å². The van der Waals surface area contributed by atoms with Gasteiger partial charge < -0.3 is 15.4 Å². The van der Waals surface area contributed by atoms with E-state index in [0.717, 1.165) is 46.5 Å². The van der Waals surface area contributed by atoms with Crippen LogP contribution in [0.3, 0.4) is 0 Å². The minimum absolute atomic E-state index is 0.0577. The van der Waals surface area contributed by atoms with Crippen molar-refractivity contribution in [3.8, 4) is 11.3 Å². The van der Waals surface area contributed by atoms with Crippen molar-refractivity contribution in [1.82, 2.24) is 20.0 Å². The van der Waals surface area contributed by atoms with E-state index in [4.69, 9.17) is 9.72 Å². The average molecular weight is 505 g/mol. The molecule has 3 fully saturated rings. The van der Waals surface area contributed by atoms with E-state index >= 15 is 4.39 Å². The number of nitrogens with zero attached hydrogens (tertiary/aromatic N) is 2. The fraction of sp³-hybridized carbons (Fsp3) is 0.429. The number of imidazole rings is 1. The molecule has 2 aliphatic heterocycles. The molecule has 0 radical (unpaired) electrons. The molecule has 2 aromatic carbocycles. The van der Waals surface area contributed by atoms with Crippen molar-refractivity contribution in [2.75, 3.05) is 19.8 Å². The number of nitrogens with one attached hydrogen (secondary N) is 2. The number of thiazole rings is 1. The highest BCUT2D eigenvalue weighted by Crippen LogP contribution is 2.50. The predicted molar refractivity (Wildman–Crippen MR) is 139 cm³/mol. The molecule has 8 heteroatoms. The number of carbonyl (C=O) groups is 1. The summed E-state index contributed by atoms with van der Waals surface area (Å²) in [6.45, 7) is 2.43. The molecule has 4 heterocycles. The second-order valence-electron chi connectivity index (χ2n) is 10.7. The number of amides is 1. The van der Waals surface area contributed by atoms with Gasteiger partial charge in [0, 0.05) is 49.2 Å². The van der Waals surface area contributed by atoms with Gasteiger partial charge in [-0.3, -0.25) is 9.20 Å². The van der Waals surface area contributed by atoms with Crippen LogP contribution in [0, 0.1) is 11.2 Å². The summed E-state index contributed by atoms with van der Waals surface area (Å²) in [5.41, 5.74) is 4.23. The van der Waals surface area contributed by atoms with Crippen LogP contribution in [0.15, 0.2) is 42.6 Å². The first-order valence-corrected chi connectivity index (χ1v) is 13.7. The maximum atomic E-state index is 15.2. The molecule has 6 nitrogen and oxygen atoms in total. The fourth-order valence-corrected chi connectivity index (χ4v) is 7.10. The minimum atomic E-state index is -0.231. The number of fused-ring (bicyclic) bond motifs is 3. The van der Waals surface area contributed by atoms with E-state index in [1.54, 1.807) is 6.07 Å². The molecule has 2 aromatic heterocycles.